The molecule has 0 aliphatic rings. The maximum Gasteiger partial charge on any atom is 0.252 e. The molecule has 0 aliphatic carbocycles. The van der Waals surface area contributed by atoms with Crippen molar-refractivity contribution in [3.8, 4) is 0 Å². The Morgan fingerprint density at radius 1 is 1.26 bits per heavy atom. The van der Waals surface area contributed by atoms with Crippen LogP contribution in [0.2, 0.25) is 0 Å². The van der Waals surface area contributed by atoms with Gasteiger partial charge in [-0.25, -0.2) is 5.10 Å². The van der Waals surface area contributed by atoms with E-state index < -0.39 is 6.04 Å². The van der Waals surface area contributed by atoms with E-state index in [9.17, 15) is 9.59 Å². The molecule has 2 aromatic rings. The highest BCUT2D eigenvalue weighted by atomic mass is 16.2. The highest BCUT2D eigenvalue weighted by molar-refractivity contribution is 6.01. The van der Waals surface area contributed by atoms with Crippen molar-refractivity contribution in [1.29, 1.82) is 0 Å². The fourth-order valence-electron chi connectivity index (χ4n) is 2.24. The van der Waals surface area contributed by atoms with Gasteiger partial charge in [-0.05, 0) is 30.9 Å². The van der Waals surface area contributed by atoms with E-state index >= 15 is 0 Å². The SMILES string of the molecule is Cc1ccccc1C(=O)NC(CC(C)C)C(=O)Nc1ncn[nH]1. The number of hydrogen-bond acceptors (Lipinski definition) is 4. The lowest BCUT2D eigenvalue weighted by Crippen LogP contribution is -2.44. The molecule has 3 N–H and O–H groups in total. The summed E-state index contributed by atoms with van der Waals surface area (Å²) in [5, 5.41) is 11.7. The Balaban J connectivity index is 2.10. The third kappa shape index (κ3) is 4.64. The van der Waals surface area contributed by atoms with Crippen molar-refractivity contribution in [2.75, 3.05) is 5.32 Å². The van der Waals surface area contributed by atoms with Crippen LogP contribution < -0.4 is 10.6 Å². The molecule has 0 spiro atoms. The van der Waals surface area contributed by atoms with Crippen molar-refractivity contribution in [2.45, 2.75) is 33.2 Å². The summed E-state index contributed by atoms with van der Waals surface area (Å²) in [5.41, 5.74) is 1.43. The van der Waals surface area contributed by atoms with Gasteiger partial charge in [-0.1, -0.05) is 32.0 Å². The first kappa shape index (κ1) is 16.7. The van der Waals surface area contributed by atoms with Crippen LogP contribution in [0.4, 0.5) is 5.95 Å². The van der Waals surface area contributed by atoms with Gasteiger partial charge in [-0.2, -0.15) is 10.1 Å². The molecular formula is C16H21N5O2. The average molecular weight is 315 g/mol. The number of rotatable bonds is 6. The summed E-state index contributed by atoms with van der Waals surface area (Å²) in [6.07, 6.45) is 1.83. The van der Waals surface area contributed by atoms with Gasteiger partial charge in [0.25, 0.3) is 5.91 Å². The maximum absolute atomic E-state index is 12.4. The van der Waals surface area contributed by atoms with E-state index in [1.807, 2.05) is 32.9 Å². The van der Waals surface area contributed by atoms with Crippen LogP contribution in [0, 0.1) is 12.8 Å². The predicted octanol–water partition coefficient (Wildman–Crippen LogP) is 1.90. The first-order chi connectivity index (χ1) is 11.0. The van der Waals surface area contributed by atoms with Crippen LogP contribution >= 0.6 is 0 Å². The quantitative estimate of drug-likeness (QED) is 0.758. The molecule has 2 rings (SSSR count). The fraction of sp³-hybridized carbons (Fsp3) is 0.375. The summed E-state index contributed by atoms with van der Waals surface area (Å²) in [6.45, 7) is 5.85. The Labute approximate surface area is 134 Å². The number of nitrogens with one attached hydrogen (secondary N) is 3. The van der Waals surface area contributed by atoms with E-state index in [0.29, 0.717) is 12.0 Å². The average Bonchev–Trinajstić information content (AvgIpc) is 2.99. The number of carbonyl (C=O) groups is 2. The first-order valence-electron chi connectivity index (χ1n) is 7.50. The minimum absolute atomic E-state index is 0.248. The second-order valence-corrected chi connectivity index (χ2v) is 5.79. The zero-order valence-corrected chi connectivity index (χ0v) is 13.5. The van der Waals surface area contributed by atoms with Gasteiger partial charge >= 0.3 is 0 Å². The van der Waals surface area contributed by atoms with Gasteiger partial charge in [0.2, 0.25) is 11.9 Å². The minimum Gasteiger partial charge on any atom is -0.340 e. The lowest BCUT2D eigenvalue weighted by molar-refractivity contribution is -0.118. The van der Waals surface area contributed by atoms with Gasteiger partial charge in [0.05, 0.1) is 0 Å². The van der Waals surface area contributed by atoms with Crippen molar-refractivity contribution >= 4 is 17.8 Å². The fourth-order valence-corrected chi connectivity index (χ4v) is 2.24. The van der Waals surface area contributed by atoms with Crippen molar-refractivity contribution in [3.05, 3.63) is 41.7 Å². The molecule has 7 heteroatoms. The molecule has 0 fully saturated rings. The van der Waals surface area contributed by atoms with Crippen molar-refractivity contribution in [3.63, 3.8) is 0 Å². The molecule has 0 saturated heterocycles. The normalized spacial score (nSPS) is 12.0. The largest absolute Gasteiger partial charge is 0.340 e. The topological polar surface area (TPSA) is 99.8 Å². The number of aromatic nitrogens is 3. The zero-order chi connectivity index (χ0) is 16.8. The number of nitrogens with zero attached hydrogens (tertiary/aromatic N) is 2. The van der Waals surface area contributed by atoms with E-state index in [2.05, 4.69) is 25.8 Å². The molecule has 1 unspecified atom stereocenters. The van der Waals surface area contributed by atoms with E-state index in [1.165, 1.54) is 6.33 Å². The van der Waals surface area contributed by atoms with Gasteiger partial charge in [0.1, 0.15) is 12.4 Å². The van der Waals surface area contributed by atoms with E-state index in [4.69, 9.17) is 0 Å². The number of aryl methyl sites for hydroxylation is 1. The Morgan fingerprint density at radius 2 is 2.00 bits per heavy atom. The zero-order valence-electron chi connectivity index (χ0n) is 13.5. The smallest absolute Gasteiger partial charge is 0.252 e. The third-order valence-corrected chi connectivity index (χ3v) is 3.38. The predicted molar refractivity (Wildman–Crippen MR) is 86.9 cm³/mol. The molecular weight excluding hydrogens is 294 g/mol. The number of hydrogen-bond donors (Lipinski definition) is 3. The van der Waals surface area contributed by atoms with Crippen molar-refractivity contribution in [1.82, 2.24) is 20.5 Å². The number of carbonyl (C=O) groups excluding carboxylic acids is 2. The molecule has 0 aliphatic heterocycles. The summed E-state index contributed by atoms with van der Waals surface area (Å²) in [4.78, 5) is 28.7. The summed E-state index contributed by atoms with van der Waals surface area (Å²) >= 11 is 0. The minimum atomic E-state index is -0.646. The summed E-state index contributed by atoms with van der Waals surface area (Å²) in [7, 11) is 0. The molecule has 0 saturated carbocycles. The maximum atomic E-state index is 12.4. The number of benzene rings is 1. The number of amides is 2. The molecule has 1 heterocycles. The summed E-state index contributed by atoms with van der Waals surface area (Å²) < 4.78 is 0. The van der Waals surface area contributed by atoms with E-state index in [0.717, 1.165) is 5.56 Å². The monoisotopic (exact) mass is 315 g/mol. The van der Waals surface area contributed by atoms with Gasteiger partial charge in [0, 0.05) is 5.56 Å². The number of anilines is 1. The Morgan fingerprint density at radius 3 is 2.61 bits per heavy atom. The van der Waals surface area contributed by atoms with Crippen LogP contribution in [-0.4, -0.2) is 33.0 Å². The van der Waals surface area contributed by atoms with Gasteiger partial charge < -0.3 is 5.32 Å². The molecule has 23 heavy (non-hydrogen) atoms. The van der Waals surface area contributed by atoms with Crippen LogP contribution in [0.1, 0.15) is 36.2 Å². The van der Waals surface area contributed by atoms with E-state index in [1.54, 1.807) is 12.1 Å². The van der Waals surface area contributed by atoms with Gasteiger partial charge in [-0.3, -0.25) is 14.9 Å². The molecule has 7 nitrogen and oxygen atoms in total. The molecule has 122 valence electrons. The second kappa shape index (κ2) is 7.53. The number of aromatic amines is 1. The van der Waals surface area contributed by atoms with Crippen LogP contribution in [-0.2, 0) is 4.79 Å². The Hall–Kier alpha value is -2.70. The molecule has 1 atom stereocenters. The van der Waals surface area contributed by atoms with Crippen molar-refractivity contribution < 1.29 is 9.59 Å². The summed E-state index contributed by atoms with van der Waals surface area (Å²) in [6, 6.07) is 6.63. The van der Waals surface area contributed by atoms with Crippen LogP contribution in [0.5, 0.6) is 0 Å². The highest BCUT2D eigenvalue weighted by Crippen LogP contribution is 2.11. The van der Waals surface area contributed by atoms with E-state index in [-0.39, 0.29) is 23.7 Å². The Kier molecular flexibility index (Phi) is 5.46. The Bertz CT molecular complexity index is 667. The second-order valence-electron chi connectivity index (χ2n) is 5.79. The third-order valence-electron chi connectivity index (χ3n) is 3.38. The standard InChI is InChI=1S/C16H21N5O2/c1-10(2)8-13(15(23)20-16-17-9-18-21-16)19-14(22)12-7-5-4-6-11(12)3/h4-7,9-10,13H,8H2,1-3H3,(H,19,22)(H2,17,18,20,21,23). The molecule has 0 radical (unpaired) electrons. The van der Waals surface area contributed by atoms with Gasteiger partial charge in [-0.15, -0.1) is 0 Å². The lowest BCUT2D eigenvalue weighted by Gasteiger charge is -2.20. The van der Waals surface area contributed by atoms with Crippen LogP contribution in [0.25, 0.3) is 0 Å². The van der Waals surface area contributed by atoms with Gasteiger partial charge in [0.15, 0.2) is 0 Å². The van der Waals surface area contributed by atoms with Crippen LogP contribution in [0.3, 0.4) is 0 Å². The molecule has 0 bridgehead atoms. The molecule has 1 aromatic heterocycles. The number of H-pyrrole nitrogens is 1. The first-order valence-corrected chi connectivity index (χ1v) is 7.50. The highest BCUT2D eigenvalue weighted by Gasteiger charge is 2.23. The molecule has 1 aromatic carbocycles. The summed E-state index contributed by atoms with van der Waals surface area (Å²) in [5.74, 6) is -0.0783. The van der Waals surface area contributed by atoms with Crippen LogP contribution in [0.15, 0.2) is 30.6 Å². The lowest BCUT2D eigenvalue weighted by atomic mass is 10.0. The van der Waals surface area contributed by atoms with Crippen molar-refractivity contribution in [2.24, 2.45) is 5.92 Å². The molecule has 2 amide bonds.